The van der Waals surface area contributed by atoms with Crippen LogP contribution < -0.4 is 5.32 Å². The highest BCUT2D eigenvalue weighted by Crippen LogP contribution is 2.17. The molecule has 1 N–H and O–H groups in total. The largest absolute Gasteiger partial charge is 0.355 e. The fraction of sp³-hybridized carbons (Fsp3) is 0.462. The second-order valence-electron chi connectivity index (χ2n) is 4.42. The number of nitrogens with one attached hydrogen (secondary N) is 1. The zero-order valence-electron chi connectivity index (χ0n) is 11.6. The Balaban J connectivity index is 2.68. The predicted octanol–water partition coefficient (Wildman–Crippen LogP) is 1.99. The van der Waals surface area contributed by atoms with Gasteiger partial charge in [0.15, 0.2) is 0 Å². The van der Waals surface area contributed by atoms with Gasteiger partial charge in [-0.1, -0.05) is 29.3 Å². The van der Waals surface area contributed by atoms with Gasteiger partial charge < -0.3 is 5.32 Å². The second-order valence-corrected chi connectivity index (χ2v) is 7.38. The first-order chi connectivity index (χ1) is 9.37. The van der Waals surface area contributed by atoms with Crippen molar-refractivity contribution in [2.24, 2.45) is 0 Å². The monoisotopic (exact) mass is 362 g/mol. The number of carbonyl (C=O) groups excluding carboxylic acids is 1. The molecule has 0 saturated carbocycles. The van der Waals surface area contributed by atoms with E-state index in [-0.39, 0.29) is 17.3 Å². The molecule has 0 atom stereocenters. The van der Waals surface area contributed by atoms with Gasteiger partial charge in [0.2, 0.25) is 15.9 Å². The number of rotatable bonds is 7. The van der Waals surface area contributed by atoms with Crippen LogP contribution >= 0.6 is 15.9 Å². The molecule has 0 aliphatic carbocycles. The minimum Gasteiger partial charge on any atom is -0.355 e. The van der Waals surface area contributed by atoms with Gasteiger partial charge in [-0.2, -0.15) is 4.31 Å². The lowest BCUT2D eigenvalue weighted by molar-refractivity contribution is -0.121. The van der Waals surface area contributed by atoms with Gasteiger partial charge in [-0.05, 0) is 30.7 Å². The minimum absolute atomic E-state index is 0.171. The van der Waals surface area contributed by atoms with Crippen LogP contribution in [0.5, 0.6) is 0 Å². The van der Waals surface area contributed by atoms with Gasteiger partial charge in [-0.3, -0.25) is 4.79 Å². The minimum atomic E-state index is -3.63. The number of hydrogen-bond acceptors (Lipinski definition) is 3. The van der Waals surface area contributed by atoms with Crippen molar-refractivity contribution < 1.29 is 13.2 Å². The summed E-state index contributed by atoms with van der Waals surface area (Å²) in [6.45, 7) is 2.42. The molecule has 5 nitrogen and oxygen atoms in total. The molecule has 112 valence electrons. The standard InChI is InChI=1S/C13H19BrN2O3S/c1-3-4-9-15-13(17)10-16(2)20(18,19)12-7-5-11(14)6-8-12/h5-8H,3-4,9-10H2,1-2H3,(H,15,17). The zero-order chi connectivity index (χ0) is 15.2. The average molecular weight is 363 g/mol. The Kier molecular flexibility index (Phi) is 6.64. The lowest BCUT2D eigenvalue weighted by Crippen LogP contribution is -2.38. The predicted molar refractivity (Wildman–Crippen MR) is 81.9 cm³/mol. The van der Waals surface area contributed by atoms with Crippen molar-refractivity contribution in [2.45, 2.75) is 24.7 Å². The molecule has 0 heterocycles. The number of likely N-dealkylation sites (N-methyl/N-ethyl adjacent to an activating group) is 1. The van der Waals surface area contributed by atoms with Gasteiger partial charge >= 0.3 is 0 Å². The van der Waals surface area contributed by atoms with Crippen molar-refractivity contribution in [2.75, 3.05) is 20.1 Å². The van der Waals surface area contributed by atoms with Gasteiger partial charge in [0.1, 0.15) is 0 Å². The maximum atomic E-state index is 12.2. The van der Waals surface area contributed by atoms with E-state index in [0.717, 1.165) is 21.6 Å². The highest BCUT2D eigenvalue weighted by molar-refractivity contribution is 9.10. The summed E-state index contributed by atoms with van der Waals surface area (Å²) in [7, 11) is -2.23. The van der Waals surface area contributed by atoms with Crippen LogP contribution in [-0.2, 0) is 14.8 Å². The van der Waals surface area contributed by atoms with Crippen LogP contribution in [0, 0.1) is 0 Å². The number of halogens is 1. The van der Waals surface area contributed by atoms with Gasteiger partial charge in [0.25, 0.3) is 0 Å². The molecule has 1 rings (SSSR count). The lowest BCUT2D eigenvalue weighted by Gasteiger charge is -2.16. The number of carbonyl (C=O) groups is 1. The van der Waals surface area contributed by atoms with Crippen LogP contribution in [0.1, 0.15) is 19.8 Å². The molecule has 0 radical (unpaired) electrons. The van der Waals surface area contributed by atoms with E-state index in [1.165, 1.54) is 19.2 Å². The molecular weight excluding hydrogens is 344 g/mol. The molecule has 20 heavy (non-hydrogen) atoms. The number of unbranched alkanes of at least 4 members (excludes halogenated alkanes) is 1. The van der Waals surface area contributed by atoms with E-state index in [1.807, 2.05) is 6.92 Å². The molecule has 0 unspecified atom stereocenters. The summed E-state index contributed by atoms with van der Waals surface area (Å²) in [6, 6.07) is 6.32. The Morgan fingerprint density at radius 3 is 2.45 bits per heavy atom. The highest BCUT2D eigenvalue weighted by Gasteiger charge is 2.22. The number of hydrogen-bond donors (Lipinski definition) is 1. The smallest absolute Gasteiger partial charge is 0.243 e. The fourth-order valence-electron chi connectivity index (χ4n) is 1.53. The molecule has 0 saturated heterocycles. The zero-order valence-corrected chi connectivity index (χ0v) is 14.0. The van der Waals surface area contributed by atoms with E-state index < -0.39 is 10.0 Å². The highest BCUT2D eigenvalue weighted by atomic mass is 79.9. The summed E-state index contributed by atoms with van der Waals surface area (Å²) in [4.78, 5) is 11.8. The number of amides is 1. The van der Waals surface area contributed by atoms with Crippen molar-refractivity contribution >= 4 is 31.9 Å². The maximum Gasteiger partial charge on any atom is 0.243 e. The normalized spacial score (nSPS) is 11.6. The third-order valence-corrected chi connectivity index (χ3v) is 5.09. The Labute approximate surface area is 128 Å². The van der Waals surface area contributed by atoms with Crippen LogP contribution in [0.15, 0.2) is 33.6 Å². The molecule has 0 aliphatic rings. The van der Waals surface area contributed by atoms with Crippen LogP contribution in [0.3, 0.4) is 0 Å². The van der Waals surface area contributed by atoms with Crippen LogP contribution in [0.4, 0.5) is 0 Å². The van der Waals surface area contributed by atoms with Gasteiger partial charge in [-0.15, -0.1) is 0 Å². The molecule has 0 fully saturated rings. The summed E-state index contributed by atoms with van der Waals surface area (Å²) in [5.74, 6) is -0.290. The third-order valence-electron chi connectivity index (χ3n) is 2.74. The summed E-state index contributed by atoms with van der Waals surface area (Å²) < 4.78 is 26.3. The van der Waals surface area contributed by atoms with E-state index in [9.17, 15) is 13.2 Å². The Hall–Kier alpha value is -0.920. The molecule has 7 heteroatoms. The van der Waals surface area contributed by atoms with E-state index in [2.05, 4.69) is 21.2 Å². The van der Waals surface area contributed by atoms with Gasteiger partial charge in [-0.25, -0.2) is 8.42 Å². The first-order valence-electron chi connectivity index (χ1n) is 6.36. The van der Waals surface area contributed by atoms with Gasteiger partial charge in [0, 0.05) is 18.1 Å². The lowest BCUT2D eigenvalue weighted by atomic mass is 10.3. The van der Waals surface area contributed by atoms with Gasteiger partial charge in [0.05, 0.1) is 11.4 Å². The van der Waals surface area contributed by atoms with Crippen molar-refractivity contribution in [3.8, 4) is 0 Å². The fourth-order valence-corrected chi connectivity index (χ4v) is 2.93. The number of nitrogens with zero attached hydrogens (tertiary/aromatic N) is 1. The van der Waals surface area contributed by atoms with Crippen LogP contribution in [-0.4, -0.2) is 38.8 Å². The molecule has 1 amide bonds. The second kappa shape index (κ2) is 7.75. The van der Waals surface area contributed by atoms with Crippen molar-refractivity contribution in [3.63, 3.8) is 0 Å². The topological polar surface area (TPSA) is 66.5 Å². The van der Waals surface area contributed by atoms with E-state index >= 15 is 0 Å². The van der Waals surface area contributed by atoms with E-state index in [1.54, 1.807) is 12.1 Å². The molecule has 0 spiro atoms. The van der Waals surface area contributed by atoms with E-state index in [4.69, 9.17) is 0 Å². The summed E-state index contributed by atoms with van der Waals surface area (Å²) in [5, 5.41) is 2.69. The maximum absolute atomic E-state index is 12.2. The Bertz CT molecular complexity index is 543. The Morgan fingerprint density at radius 2 is 1.90 bits per heavy atom. The molecule has 1 aromatic rings. The number of benzene rings is 1. The Morgan fingerprint density at radius 1 is 1.30 bits per heavy atom. The quantitative estimate of drug-likeness (QED) is 0.754. The summed E-state index contributed by atoms with van der Waals surface area (Å²) in [5.41, 5.74) is 0. The molecule has 0 aromatic heterocycles. The summed E-state index contributed by atoms with van der Waals surface area (Å²) >= 11 is 3.25. The first-order valence-corrected chi connectivity index (χ1v) is 8.60. The van der Waals surface area contributed by atoms with Crippen molar-refractivity contribution in [1.82, 2.24) is 9.62 Å². The molecular formula is C13H19BrN2O3S. The third kappa shape index (κ3) is 4.88. The van der Waals surface area contributed by atoms with Crippen molar-refractivity contribution in [3.05, 3.63) is 28.7 Å². The molecule has 0 aliphatic heterocycles. The molecule has 0 bridgehead atoms. The average Bonchev–Trinajstić information content (AvgIpc) is 2.39. The molecule has 1 aromatic carbocycles. The van der Waals surface area contributed by atoms with Crippen molar-refractivity contribution in [1.29, 1.82) is 0 Å². The summed E-state index contributed by atoms with van der Waals surface area (Å²) in [6.07, 6.45) is 1.86. The van der Waals surface area contributed by atoms with E-state index in [0.29, 0.717) is 6.54 Å². The van der Waals surface area contributed by atoms with Crippen LogP contribution in [0.25, 0.3) is 0 Å². The first kappa shape index (κ1) is 17.1. The number of sulfonamides is 1. The van der Waals surface area contributed by atoms with Crippen LogP contribution in [0.2, 0.25) is 0 Å². The SMILES string of the molecule is CCCCNC(=O)CN(C)S(=O)(=O)c1ccc(Br)cc1.